The summed E-state index contributed by atoms with van der Waals surface area (Å²) in [4.78, 5) is 9.18. The van der Waals surface area contributed by atoms with Crippen LogP contribution in [0.15, 0.2) is 4.99 Å². The van der Waals surface area contributed by atoms with E-state index >= 15 is 0 Å². The van der Waals surface area contributed by atoms with Crippen LogP contribution in [-0.2, 0) is 0 Å². The molecule has 0 aliphatic carbocycles. The molecule has 112 valence electrons. The Morgan fingerprint density at radius 1 is 1.53 bits per heavy atom. The highest BCUT2D eigenvalue weighted by atomic mass is 32.2. The first kappa shape index (κ1) is 16.6. The van der Waals surface area contributed by atoms with Gasteiger partial charge in [-0.15, -0.1) is 0 Å². The molecule has 0 saturated carbocycles. The van der Waals surface area contributed by atoms with Crippen molar-refractivity contribution in [1.29, 1.82) is 0 Å². The lowest BCUT2D eigenvalue weighted by atomic mass is 10.3. The molecule has 19 heavy (non-hydrogen) atoms. The molecule has 1 aliphatic rings. The summed E-state index contributed by atoms with van der Waals surface area (Å²) in [5.41, 5.74) is 0. The molecule has 1 aliphatic heterocycles. The second-order valence-corrected chi connectivity index (χ2v) is 6.80. The molecule has 5 heteroatoms. The van der Waals surface area contributed by atoms with E-state index in [4.69, 9.17) is 0 Å². The second-order valence-electron chi connectivity index (χ2n) is 5.40. The van der Waals surface area contributed by atoms with Crippen LogP contribution in [0.4, 0.5) is 0 Å². The molecule has 1 fully saturated rings. The highest BCUT2D eigenvalue weighted by Gasteiger charge is 2.21. The Kier molecular flexibility index (Phi) is 7.61. The standard InChI is InChI=1S/C14H30N4S/c1-6-13-11-18(9-10-19-13)14(15-4)16-7-8-17(5)12(2)3/h12-13H,6-11H2,1-5H3,(H,15,16). The molecule has 1 heterocycles. The van der Waals surface area contributed by atoms with Gasteiger partial charge >= 0.3 is 0 Å². The van der Waals surface area contributed by atoms with Crippen molar-refractivity contribution in [3.05, 3.63) is 0 Å². The number of aliphatic imine (C=N–C) groups is 1. The Morgan fingerprint density at radius 2 is 2.26 bits per heavy atom. The van der Waals surface area contributed by atoms with E-state index in [2.05, 4.69) is 59.7 Å². The molecule has 1 saturated heterocycles. The Morgan fingerprint density at radius 3 is 2.84 bits per heavy atom. The Labute approximate surface area is 123 Å². The number of likely N-dealkylation sites (N-methyl/N-ethyl adjacent to an activating group) is 1. The highest BCUT2D eigenvalue weighted by molar-refractivity contribution is 8.00. The molecule has 0 spiro atoms. The molecule has 0 aromatic rings. The number of nitrogens with zero attached hydrogens (tertiary/aromatic N) is 3. The molecule has 0 amide bonds. The lowest BCUT2D eigenvalue weighted by molar-refractivity contribution is 0.276. The van der Waals surface area contributed by atoms with Crippen LogP contribution in [0.2, 0.25) is 0 Å². The number of rotatable bonds is 5. The number of hydrogen-bond acceptors (Lipinski definition) is 3. The second kappa shape index (κ2) is 8.69. The molecule has 0 radical (unpaired) electrons. The summed E-state index contributed by atoms with van der Waals surface area (Å²) < 4.78 is 0. The number of nitrogens with one attached hydrogen (secondary N) is 1. The molecule has 0 bridgehead atoms. The molecule has 1 unspecified atom stereocenters. The summed E-state index contributed by atoms with van der Waals surface area (Å²) in [6.07, 6.45) is 1.24. The predicted octanol–water partition coefficient (Wildman–Crippen LogP) is 1.73. The SMILES string of the molecule is CCC1CN(C(=NC)NCCN(C)C(C)C)CCS1. The van der Waals surface area contributed by atoms with E-state index in [-0.39, 0.29) is 0 Å². The van der Waals surface area contributed by atoms with E-state index < -0.39 is 0 Å². The quantitative estimate of drug-likeness (QED) is 0.616. The summed E-state index contributed by atoms with van der Waals surface area (Å²) in [6, 6.07) is 0.597. The lowest BCUT2D eigenvalue weighted by Crippen LogP contribution is -2.49. The maximum Gasteiger partial charge on any atom is 0.193 e. The summed E-state index contributed by atoms with van der Waals surface area (Å²) in [5.74, 6) is 2.28. The summed E-state index contributed by atoms with van der Waals surface area (Å²) >= 11 is 2.09. The predicted molar refractivity (Wildman–Crippen MR) is 87.2 cm³/mol. The van der Waals surface area contributed by atoms with Gasteiger partial charge in [0.2, 0.25) is 0 Å². The van der Waals surface area contributed by atoms with Crippen LogP contribution in [0.1, 0.15) is 27.2 Å². The zero-order valence-corrected chi connectivity index (χ0v) is 14.0. The molecular formula is C14H30N4S. The Balaban J connectivity index is 2.37. The minimum atomic E-state index is 0.597. The highest BCUT2D eigenvalue weighted by Crippen LogP contribution is 2.20. The average molecular weight is 286 g/mol. The van der Waals surface area contributed by atoms with E-state index in [1.165, 1.54) is 12.2 Å². The topological polar surface area (TPSA) is 30.9 Å². The van der Waals surface area contributed by atoms with Crippen molar-refractivity contribution in [2.45, 2.75) is 38.5 Å². The maximum atomic E-state index is 4.43. The summed E-state index contributed by atoms with van der Waals surface area (Å²) in [7, 11) is 4.05. The van der Waals surface area contributed by atoms with E-state index in [0.717, 1.165) is 37.4 Å². The normalized spacial score (nSPS) is 21.3. The van der Waals surface area contributed by atoms with Crippen LogP contribution in [0, 0.1) is 0 Å². The Bertz CT molecular complexity index is 281. The van der Waals surface area contributed by atoms with Crippen LogP contribution >= 0.6 is 11.8 Å². The number of hydrogen-bond donors (Lipinski definition) is 1. The molecule has 0 aromatic heterocycles. The molecule has 1 atom stereocenters. The average Bonchev–Trinajstić information content (AvgIpc) is 2.43. The third-order valence-corrected chi connectivity index (χ3v) is 5.11. The van der Waals surface area contributed by atoms with Gasteiger partial charge in [0.1, 0.15) is 0 Å². The number of thioether (sulfide) groups is 1. The first-order valence-corrected chi connectivity index (χ1v) is 8.40. The third kappa shape index (κ3) is 5.61. The van der Waals surface area contributed by atoms with Crippen molar-refractivity contribution in [2.24, 2.45) is 4.99 Å². The van der Waals surface area contributed by atoms with Crippen LogP contribution < -0.4 is 5.32 Å². The lowest BCUT2D eigenvalue weighted by Gasteiger charge is -2.34. The summed E-state index contributed by atoms with van der Waals surface area (Å²) in [5, 5.41) is 4.25. The van der Waals surface area contributed by atoms with Gasteiger partial charge in [-0.05, 0) is 27.3 Å². The minimum Gasteiger partial charge on any atom is -0.355 e. The van der Waals surface area contributed by atoms with Gasteiger partial charge in [0, 0.05) is 50.3 Å². The van der Waals surface area contributed by atoms with Gasteiger partial charge in [-0.1, -0.05) is 6.92 Å². The molecule has 4 nitrogen and oxygen atoms in total. The van der Waals surface area contributed by atoms with Gasteiger partial charge in [-0.25, -0.2) is 0 Å². The smallest absolute Gasteiger partial charge is 0.193 e. The minimum absolute atomic E-state index is 0.597. The van der Waals surface area contributed by atoms with Crippen LogP contribution in [-0.4, -0.2) is 73.1 Å². The zero-order chi connectivity index (χ0) is 14.3. The van der Waals surface area contributed by atoms with Crippen molar-refractivity contribution in [1.82, 2.24) is 15.1 Å². The summed E-state index contributed by atoms with van der Waals surface area (Å²) in [6.45, 7) is 11.0. The van der Waals surface area contributed by atoms with Gasteiger partial charge in [-0.3, -0.25) is 4.99 Å². The fraction of sp³-hybridized carbons (Fsp3) is 0.929. The van der Waals surface area contributed by atoms with Gasteiger partial charge in [0.25, 0.3) is 0 Å². The fourth-order valence-corrected chi connectivity index (χ4v) is 3.27. The van der Waals surface area contributed by atoms with Crippen molar-refractivity contribution in [2.75, 3.05) is 46.0 Å². The zero-order valence-electron chi connectivity index (χ0n) is 13.1. The van der Waals surface area contributed by atoms with Crippen LogP contribution in [0.25, 0.3) is 0 Å². The van der Waals surface area contributed by atoms with Crippen molar-refractivity contribution < 1.29 is 0 Å². The van der Waals surface area contributed by atoms with Crippen LogP contribution in [0.5, 0.6) is 0 Å². The first-order chi connectivity index (χ1) is 9.08. The molecular weight excluding hydrogens is 256 g/mol. The monoisotopic (exact) mass is 286 g/mol. The van der Waals surface area contributed by atoms with E-state index in [1.807, 2.05) is 7.05 Å². The van der Waals surface area contributed by atoms with Gasteiger partial charge < -0.3 is 15.1 Å². The maximum absolute atomic E-state index is 4.43. The van der Waals surface area contributed by atoms with E-state index in [1.54, 1.807) is 0 Å². The van der Waals surface area contributed by atoms with E-state index in [0.29, 0.717) is 6.04 Å². The van der Waals surface area contributed by atoms with Gasteiger partial charge in [0.15, 0.2) is 5.96 Å². The number of guanidine groups is 1. The first-order valence-electron chi connectivity index (χ1n) is 7.35. The third-order valence-electron chi connectivity index (χ3n) is 3.73. The fourth-order valence-electron chi connectivity index (χ4n) is 2.09. The Hall–Kier alpha value is -0.420. The van der Waals surface area contributed by atoms with Gasteiger partial charge in [0.05, 0.1) is 0 Å². The van der Waals surface area contributed by atoms with Crippen LogP contribution in [0.3, 0.4) is 0 Å². The van der Waals surface area contributed by atoms with E-state index in [9.17, 15) is 0 Å². The van der Waals surface area contributed by atoms with Crippen molar-refractivity contribution >= 4 is 17.7 Å². The van der Waals surface area contributed by atoms with Crippen molar-refractivity contribution in [3.63, 3.8) is 0 Å². The van der Waals surface area contributed by atoms with Gasteiger partial charge in [-0.2, -0.15) is 11.8 Å². The molecule has 1 rings (SSSR count). The van der Waals surface area contributed by atoms with Crippen molar-refractivity contribution in [3.8, 4) is 0 Å². The molecule has 0 aromatic carbocycles. The molecule has 1 N–H and O–H groups in total. The largest absolute Gasteiger partial charge is 0.355 e.